The highest BCUT2D eigenvalue weighted by Gasteiger charge is 2.40. The van der Waals surface area contributed by atoms with Gasteiger partial charge in [-0.15, -0.1) is 0 Å². The number of rotatable bonds is 7. The summed E-state index contributed by atoms with van der Waals surface area (Å²) in [6.07, 6.45) is -20.8. The van der Waals surface area contributed by atoms with Crippen molar-refractivity contribution in [2.75, 3.05) is 0 Å². The highest BCUT2D eigenvalue weighted by atomic mass is 19.4. The van der Waals surface area contributed by atoms with Crippen LogP contribution in [-0.4, -0.2) is 19.5 Å². The maximum Gasteiger partial charge on any atom is 0.417 e. The van der Waals surface area contributed by atoms with Gasteiger partial charge in [0.1, 0.15) is 5.82 Å². The molecule has 0 N–H and O–H groups in total. The molecule has 2 heterocycles. The Morgan fingerprint density at radius 1 is 0.319 bits per heavy atom. The Morgan fingerprint density at radius 3 is 1.15 bits per heavy atom. The molecule has 0 aliphatic rings. The lowest BCUT2D eigenvalue weighted by Gasteiger charge is -2.18. The summed E-state index contributed by atoms with van der Waals surface area (Å²) in [6, 6.07) is 38.3. The van der Waals surface area contributed by atoms with Crippen molar-refractivity contribution in [2.45, 2.75) is 24.7 Å². The topological polar surface area (TPSA) is 43.6 Å². The Morgan fingerprint density at radius 2 is 0.722 bits per heavy atom. The molecular weight excluding hydrogens is 964 g/mol. The van der Waals surface area contributed by atoms with Gasteiger partial charge in [0, 0.05) is 27.5 Å². The van der Waals surface area contributed by atoms with E-state index >= 15 is 0 Å². The molecule has 0 amide bonds. The normalized spacial score (nSPS) is 12.5. The Hall–Kier alpha value is -8.34. The van der Waals surface area contributed by atoms with Crippen molar-refractivity contribution < 1.29 is 57.1 Å². The zero-order valence-electron chi connectivity index (χ0n) is 36.4. The first-order chi connectivity index (χ1) is 34.1. The summed E-state index contributed by atoms with van der Waals surface area (Å²) < 4.78 is 188. The molecule has 0 bridgehead atoms. The van der Waals surface area contributed by atoms with Crippen LogP contribution in [0.3, 0.4) is 0 Å². The molecule has 0 saturated carbocycles. The monoisotopic (exact) mass is 992 g/mol. The van der Waals surface area contributed by atoms with Crippen molar-refractivity contribution in [3.8, 4) is 73.2 Å². The van der Waals surface area contributed by atoms with E-state index in [1.165, 1.54) is 65.2 Å². The van der Waals surface area contributed by atoms with Crippen LogP contribution in [0.5, 0.6) is 0 Å². The van der Waals surface area contributed by atoms with E-state index in [2.05, 4.69) is 0 Å². The maximum atomic E-state index is 14.8. The highest BCUT2D eigenvalue weighted by molar-refractivity contribution is 6.12. The standard InChI is InChI=1S/C55H29F13N4/c56-38-18-11-30(12-19-38)33-13-22-43(51-70-49(31-7-3-1-4-8-31)69-50(71-51)32-9-5-2-6-10-32)48(25-33)72-46-26-34(39-23-16-36(52(57,58)59)28-44(39)54(63,64)65)14-20-41(46)42-21-15-35(27-47(42)72)40-24-17-37(53(60,61)62)29-45(40)55(66,67)68/h1-29H. The van der Waals surface area contributed by atoms with Gasteiger partial charge in [-0.05, 0) is 94.0 Å². The van der Waals surface area contributed by atoms with Crippen molar-refractivity contribution >= 4 is 21.8 Å². The molecule has 4 nitrogen and oxygen atoms in total. The second-order valence-corrected chi connectivity index (χ2v) is 16.6. The van der Waals surface area contributed by atoms with Gasteiger partial charge in [0.15, 0.2) is 17.5 Å². The van der Waals surface area contributed by atoms with E-state index < -0.39 is 63.9 Å². The van der Waals surface area contributed by atoms with Gasteiger partial charge in [-0.3, -0.25) is 0 Å². The number of hydrogen-bond donors (Lipinski definition) is 0. The van der Waals surface area contributed by atoms with Gasteiger partial charge >= 0.3 is 24.7 Å². The molecule has 10 rings (SSSR count). The first-order valence-corrected chi connectivity index (χ1v) is 21.6. The summed E-state index contributed by atoms with van der Waals surface area (Å²) in [7, 11) is 0. The number of nitrogens with zero attached hydrogens (tertiary/aromatic N) is 4. The average Bonchev–Trinajstić information content (AvgIpc) is 3.68. The van der Waals surface area contributed by atoms with Crippen LogP contribution in [0.15, 0.2) is 176 Å². The molecule has 2 aromatic heterocycles. The predicted octanol–water partition coefficient (Wildman–Crippen LogP) is 17.2. The Labute approximate surface area is 399 Å². The summed E-state index contributed by atoms with van der Waals surface area (Å²) in [5.74, 6) is -0.101. The third-order valence-electron chi connectivity index (χ3n) is 12.1. The number of benzene rings is 8. The minimum absolute atomic E-state index is 0.00332. The molecule has 0 aliphatic carbocycles. The second kappa shape index (κ2) is 17.5. The molecule has 17 heteroatoms. The van der Waals surface area contributed by atoms with E-state index in [4.69, 9.17) is 15.0 Å². The van der Waals surface area contributed by atoms with Gasteiger partial charge in [0.05, 0.1) is 39.0 Å². The Kier molecular flexibility index (Phi) is 11.5. The molecule has 0 atom stereocenters. The molecule has 0 unspecified atom stereocenters. The molecular formula is C55H29F13N4. The van der Waals surface area contributed by atoms with E-state index in [0.29, 0.717) is 57.3 Å². The molecule has 360 valence electrons. The fraction of sp³-hybridized carbons (Fsp3) is 0.0727. The van der Waals surface area contributed by atoms with Crippen LogP contribution in [0.1, 0.15) is 22.3 Å². The SMILES string of the molecule is Fc1ccc(-c2ccc(-c3nc(-c4ccccc4)nc(-c4ccccc4)n3)c(-n3c4cc(-c5ccc(C(F)(F)F)cc5C(F)(F)F)ccc4c4ccc(-c5ccc(C(F)(F)F)cc5C(F)(F)F)cc43)c2)cc1. The smallest absolute Gasteiger partial charge is 0.308 e. The minimum atomic E-state index is -5.28. The molecule has 0 fully saturated rings. The van der Waals surface area contributed by atoms with Gasteiger partial charge in [0.2, 0.25) is 0 Å². The van der Waals surface area contributed by atoms with Crippen LogP contribution in [0.25, 0.3) is 95.0 Å². The fourth-order valence-corrected chi connectivity index (χ4v) is 8.68. The van der Waals surface area contributed by atoms with Crippen molar-refractivity contribution in [2.24, 2.45) is 0 Å². The van der Waals surface area contributed by atoms with Crippen LogP contribution in [0.4, 0.5) is 57.1 Å². The quantitative estimate of drug-likeness (QED) is 0.149. The van der Waals surface area contributed by atoms with Crippen molar-refractivity contribution in [1.29, 1.82) is 0 Å². The summed E-state index contributed by atoms with van der Waals surface area (Å²) in [6.45, 7) is 0. The van der Waals surface area contributed by atoms with E-state index in [0.717, 1.165) is 0 Å². The summed E-state index contributed by atoms with van der Waals surface area (Å²) >= 11 is 0. The maximum absolute atomic E-state index is 14.8. The first kappa shape index (κ1) is 47.3. The van der Waals surface area contributed by atoms with Crippen molar-refractivity contribution in [3.05, 3.63) is 204 Å². The molecule has 10 aromatic rings. The van der Waals surface area contributed by atoms with Gasteiger partial charge in [-0.25, -0.2) is 19.3 Å². The van der Waals surface area contributed by atoms with Crippen LogP contribution in [0, 0.1) is 5.82 Å². The average molecular weight is 993 g/mol. The van der Waals surface area contributed by atoms with Crippen LogP contribution < -0.4 is 0 Å². The van der Waals surface area contributed by atoms with Crippen LogP contribution in [0.2, 0.25) is 0 Å². The second-order valence-electron chi connectivity index (χ2n) is 16.6. The van der Waals surface area contributed by atoms with Crippen molar-refractivity contribution in [1.82, 2.24) is 19.5 Å². The fourth-order valence-electron chi connectivity index (χ4n) is 8.68. The molecule has 0 radical (unpaired) electrons. The summed E-state index contributed by atoms with van der Waals surface area (Å²) in [5, 5.41) is 0.598. The number of alkyl halides is 12. The van der Waals surface area contributed by atoms with E-state index in [1.54, 1.807) is 78.9 Å². The van der Waals surface area contributed by atoms with Gasteiger partial charge in [-0.2, -0.15) is 52.7 Å². The lowest BCUT2D eigenvalue weighted by molar-refractivity contribution is -0.144. The first-order valence-electron chi connectivity index (χ1n) is 21.6. The van der Waals surface area contributed by atoms with E-state index in [-0.39, 0.29) is 63.0 Å². The van der Waals surface area contributed by atoms with Crippen LogP contribution in [-0.2, 0) is 24.7 Å². The Balaban J connectivity index is 1.33. The summed E-state index contributed by atoms with van der Waals surface area (Å²) in [5.41, 5.74) is -5.37. The number of fused-ring (bicyclic) bond motifs is 3. The number of aromatic nitrogens is 4. The predicted molar refractivity (Wildman–Crippen MR) is 247 cm³/mol. The van der Waals surface area contributed by atoms with Gasteiger partial charge in [0.25, 0.3) is 0 Å². The largest absolute Gasteiger partial charge is 0.417 e. The zero-order valence-corrected chi connectivity index (χ0v) is 36.4. The van der Waals surface area contributed by atoms with E-state index in [1.807, 2.05) is 0 Å². The highest BCUT2D eigenvalue weighted by Crippen LogP contribution is 2.46. The van der Waals surface area contributed by atoms with Gasteiger partial charge in [-0.1, -0.05) is 115 Å². The molecule has 72 heavy (non-hydrogen) atoms. The van der Waals surface area contributed by atoms with Gasteiger partial charge < -0.3 is 4.57 Å². The molecule has 0 aliphatic heterocycles. The van der Waals surface area contributed by atoms with Crippen molar-refractivity contribution in [3.63, 3.8) is 0 Å². The van der Waals surface area contributed by atoms with Crippen LogP contribution >= 0.6 is 0 Å². The minimum Gasteiger partial charge on any atom is -0.308 e. The molecule has 8 aromatic carbocycles. The third-order valence-corrected chi connectivity index (χ3v) is 12.1. The Bertz CT molecular complexity index is 3500. The number of halogens is 13. The molecule has 0 spiro atoms. The zero-order chi connectivity index (χ0) is 50.9. The third kappa shape index (κ3) is 9.01. The lowest BCUT2D eigenvalue weighted by Crippen LogP contribution is -2.12. The van der Waals surface area contributed by atoms with E-state index in [9.17, 15) is 57.1 Å². The molecule has 0 saturated heterocycles. The summed E-state index contributed by atoms with van der Waals surface area (Å²) in [4.78, 5) is 14.5. The number of hydrogen-bond acceptors (Lipinski definition) is 3. The lowest BCUT2D eigenvalue weighted by atomic mass is 9.95.